The van der Waals surface area contributed by atoms with Crippen LogP contribution in [0.25, 0.3) is 0 Å². The molecule has 0 amide bonds. The lowest BCUT2D eigenvalue weighted by atomic mass is 10.1. The molecule has 0 aliphatic carbocycles. The lowest BCUT2D eigenvalue weighted by molar-refractivity contribution is 0.332. The van der Waals surface area contributed by atoms with Gasteiger partial charge >= 0.3 is 0 Å². The lowest BCUT2D eigenvalue weighted by Crippen LogP contribution is -1.95. The summed E-state index contributed by atoms with van der Waals surface area (Å²) < 4.78 is 11.1. The van der Waals surface area contributed by atoms with E-state index in [-0.39, 0.29) is 6.16 Å². The van der Waals surface area contributed by atoms with Crippen molar-refractivity contribution in [2.45, 2.75) is 12.8 Å². The van der Waals surface area contributed by atoms with E-state index in [1.54, 1.807) is 0 Å². The minimum Gasteiger partial charge on any atom is -0.386 e. The van der Waals surface area contributed by atoms with Crippen LogP contribution in [0.1, 0.15) is 12.0 Å². The number of rotatable bonds is 5. The number of benzene rings is 1. The second-order valence-corrected chi connectivity index (χ2v) is 5.72. The molecular weight excluding hydrogens is 199 g/mol. The van der Waals surface area contributed by atoms with Crippen LogP contribution >= 0.6 is 7.37 Å². The minimum absolute atomic E-state index is 0.193. The average molecular weight is 214 g/mol. The summed E-state index contributed by atoms with van der Waals surface area (Å²) in [6, 6.07) is 9.80. The summed E-state index contributed by atoms with van der Waals surface area (Å²) in [7, 11) is -3.25. The van der Waals surface area contributed by atoms with E-state index in [4.69, 9.17) is 10.00 Å². The Morgan fingerprint density at radius 1 is 1.21 bits per heavy atom. The van der Waals surface area contributed by atoms with Gasteiger partial charge in [0.2, 0.25) is 7.37 Å². The smallest absolute Gasteiger partial charge is 0.225 e. The van der Waals surface area contributed by atoms with Gasteiger partial charge in [0.1, 0.15) is 6.35 Å². The summed E-state index contributed by atoms with van der Waals surface area (Å²) in [6.45, 7) is 0. The van der Waals surface area contributed by atoms with Crippen LogP contribution in [0, 0.1) is 0 Å². The predicted molar refractivity (Wildman–Crippen MR) is 56.5 cm³/mol. The Morgan fingerprint density at radius 3 is 2.43 bits per heavy atom. The highest BCUT2D eigenvalue weighted by molar-refractivity contribution is 7.57. The van der Waals surface area contributed by atoms with E-state index < -0.39 is 13.7 Å². The molecule has 0 aromatic heterocycles. The van der Waals surface area contributed by atoms with Crippen molar-refractivity contribution in [3.63, 3.8) is 0 Å². The number of aliphatic hydroxyl groups excluding tert-OH is 1. The topological polar surface area (TPSA) is 57.5 Å². The van der Waals surface area contributed by atoms with E-state index >= 15 is 0 Å². The molecular formula is C10H15O3P. The van der Waals surface area contributed by atoms with E-state index in [1.165, 1.54) is 0 Å². The van der Waals surface area contributed by atoms with Gasteiger partial charge in [0.15, 0.2) is 0 Å². The molecule has 0 saturated heterocycles. The number of aliphatic hydroxyl groups is 1. The highest BCUT2D eigenvalue weighted by Gasteiger charge is 2.15. The molecule has 0 aliphatic rings. The number of aryl methyl sites for hydroxylation is 1. The molecule has 3 nitrogen and oxygen atoms in total. The van der Waals surface area contributed by atoms with Gasteiger partial charge in [0.25, 0.3) is 0 Å². The van der Waals surface area contributed by atoms with E-state index in [1.807, 2.05) is 30.3 Å². The fraction of sp³-hybridized carbons (Fsp3) is 0.400. The van der Waals surface area contributed by atoms with Crippen molar-refractivity contribution in [1.29, 1.82) is 0 Å². The van der Waals surface area contributed by atoms with Crippen LogP contribution in [-0.4, -0.2) is 22.5 Å². The third-order valence-electron chi connectivity index (χ3n) is 2.04. The van der Waals surface area contributed by atoms with Crippen LogP contribution in [0.3, 0.4) is 0 Å². The summed E-state index contributed by atoms with van der Waals surface area (Å²) in [4.78, 5) is 9.11. The van der Waals surface area contributed by atoms with Crippen molar-refractivity contribution in [3.05, 3.63) is 35.9 Å². The molecule has 0 heterocycles. The standard InChI is InChI=1S/C10H15O3P/c11-9-14(12,13)8-4-7-10-5-2-1-3-6-10/h1-3,5-6,11H,4,7-9H2,(H,12,13). The molecule has 1 aromatic carbocycles. The predicted octanol–water partition coefficient (Wildman–Crippen LogP) is 1.84. The second kappa shape index (κ2) is 5.30. The van der Waals surface area contributed by atoms with Crippen LogP contribution in [0.4, 0.5) is 0 Å². The van der Waals surface area contributed by atoms with Gasteiger partial charge in [-0.15, -0.1) is 0 Å². The van der Waals surface area contributed by atoms with Crippen molar-refractivity contribution in [2.75, 3.05) is 12.5 Å². The maximum atomic E-state index is 11.1. The van der Waals surface area contributed by atoms with Gasteiger partial charge < -0.3 is 10.00 Å². The second-order valence-electron chi connectivity index (χ2n) is 3.30. The van der Waals surface area contributed by atoms with Crippen molar-refractivity contribution in [1.82, 2.24) is 0 Å². The quantitative estimate of drug-likeness (QED) is 0.735. The minimum atomic E-state index is -3.25. The molecule has 78 valence electrons. The molecule has 0 saturated carbocycles. The zero-order valence-electron chi connectivity index (χ0n) is 7.97. The maximum absolute atomic E-state index is 11.1. The molecule has 0 aliphatic heterocycles. The Kier molecular flexibility index (Phi) is 4.33. The fourth-order valence-corrected chi connectivity index (χ4v) is 2.04. The Labute approximate surface area is 83.9 Å². The Balaban J connectivity index is 2.33. The highest BCUT2D eigenvalue weighted by Crippen LogP contribution is 2.39. The molecule has 2 N–H and O–H groups in total. The fourth-order valence-electron chi connectivity index (χ4n) is 1.25. The van der Waals surface area contributed by atoms with Gasteiger partial charge in [0, 0.05) is 6.16 Å². The van der Waals surface area contributed by atoms with Gasteiger partial charge in [-0.3, -0.25) is 4.57 Å². The Bertz CT molecular complexity index is 310. The van der Waals surface area contributed by atoms with Crippen LogP contribution in [0.15, 0.2) is 30.3 Å². The molecule has 1 aromatic rings. The summed E-state index contributed by atoms with van der Waals surface area (Å²) in [6.07, 6.45) is 1.00. The average Bonchev–Trinajstić information content (AvgIpc) is 2.19. The van der Waals surface area contributed by atoms with Gasteiger partial charge in [-0.1, -0.05) is 30.3 Å². The zero-order valence-corrected chi connectivity index (χ0v) is 8.86. The van der Waals surface area contributed by atoms with E-state index in [9.17, 15) is 4.57 Å². The molecule has 1 unspecified atom stereocenters. The first kappa shape index (κ1) is 11.4. The van der Waals surface area contributed by atoms with Gasteiger partial charge in [-0.05, 0) is 18.4 Å². The van der Waals surface area contributed by atoms with Gasteiger partial charge in [0.05, 0.1) is 0 Å². The SMILES string of the molecule is O=P(O)(CO)CCCc1ccccc1. The monoisotopic (exact) mass is 214 g/mol. The first-order valence-electron chi connectivity index (χ1n) is 4.60. The normalized spacial score (nSPS) is 15.0. The van der Waals surface area contributed by atoms with Crippen LogP contribution in [0.2, 0.25) is 0 Å². The molecule has 14 heavy (non-hydrogen) atoms. The molecule has 0 radical (unpaired) electrons. The van der Waals surface area contributed by atoms with Crippen molar-refractivity contribution in [2.24, 2.45) is 0 Å². The molecule has 1 rings (SSSR count). The highest BCUT2D eigenvalue weighted by atomic mass is 31.2. The summed E-state index contributed by atoms with van der Waals surface area (Å²) in [5, 5.41) is 8.58. The van der Waals surface area contributed by atoms with Crippen molar-refractivity contribution in [3.8, 4) is 0 Å². The summed E-state index contributed by atoms with van der Waals surface area (Å²) in [5.41, 5.74) is 1.16. The van der Waals surface area contributed by atoms with E-state index in [2.05, 4.69) is 0 Å². The molecule has 0 bridgehead atoms. The van der Waals surface area contributed by atoms with Crippen molar-refractivity contribution >= 4 is 7.37 Å². The van der Waals surface area contributed by atoms with Gasteiger partial charge in [-0.2, -0.15) is 0 Å². The van der Waals surface area contributed by atoms with Crippen molar-refractivity contribution < 1.29 is 14.6 Å². The van der Waals surface area contributed by atoms with E-state index in [0.29, 0.717) is 6.42 Å². The third kappa shape index (κ3) is 4.05. The number of hydrogen-bond donors (Lipinski definition) is 2. The first-order valence-corrected chi connectivity index (χ1v) is 6.63. The molecule has 1 atom stereocenters. The lowest BCUT2D eigenvalue weighted by Gasteiger charge is -2.07. The van der Waals surface area contributed by atoms with Crippen LogP contribution in [-0.2, 0) is 11.0 Å². The van der Waals surface area contributed by atoms with Gasteiger partial charge in [-0.25, -0.2) is 0 Å². The summed E-state index contributed by atoms with van der Waals surface area (Å²) in [5.74, 6) is 0. The molecule has 0 spiro atoms. The van der Waals surface area contributed by atoms with E-state index in [0.717, 1.165) is 12.0 Å². The first-order chi connectivity index (χ1) is 6.64. The molecule has 4 heteroatoms. The third-order valence-corrected chi connectivity index (χ3v) is 3.49. The summed E-state index contributed by atoms with van der Waals surface area (Å²) >= 11 is 0. The van der Waals surface area contributed by atoms with Crippen LogP contribution < -0.4 is 0 Å². The van der Waals surface area contributed by atoms with Crippen LogP contribution in [0.5, 0.6) is 0 Å². The maximum Gasteiger partial charge on any atom is 0.225 e. The Morgan fingerprint density at radius 2 is 1.86 bits per heavy atom. The Hall–Kier alpha value is -0.630. The zero-order chi connectivity index (χ0) is 10.4. The number of hydrogen-bond acceptors (Lipinski definition) is 2. The largest absolute Gasteiger partial charge is 0.386 e. The molecule has 0 fully saturated rings.